The maximum absolute atomic E-state index is 13.0. The average molecular weight is 470 g/mol. The lowest BCUT2D eigenvalue weighted by Crippen LogP contribution is -2.30. The van der Waals surface area contributed by atoms with Crippen LogP contribution in [0.25, 0.3) is 5.76 Å². The molecule has 0 bridgehead atoms. The van der Waals surface area contributed by atoms with Crippen molar-refractivity contribution in [3.8, 4) is 0 Å². The standard InChI is InChI=1S/C22H14BrClN2O3/c23-15-5-3-4-14(12-15)19-18(20(27)13-7-9-16(24)10-8-13)21(28)22(29)26(19)17-6-1-2-11-25-17/h1-12,19,27H/t19-/m1/s1. The number of pyridine rings is 1. The summed E-state index contributed by atoms with van der Waals surface area (Å²) in [6, 6.07) is 18.0. The Hall–Kier alpha value is -2.96. The molecule has 1 atom stereocenters. The van der Waals surface area contributed by atoms with Crippen LogP contribution in [-0.4, -0.2) is 21.8 Å². The lowest BCUT2D eigenvalue weighted by molar-refractivity contribution is -0.132. The number of carbonyl (C=O) groups excluding carboxylic acids is 2. The molecule has 1 aliphatic rings. The van der Waals surface area contributed by atoms with E-state index in [4.69, 9.17) is 11.6 Å². The Morgan fingerprint density at radius 3 is 2.45 bits per heavy atom. The minimum absolute atomic E-state index is 0.000996. The summed E-state index contributed by atoms with van der Waals surface area (Å²) in [4.78, 5) is 31.5. The molecule has 7 heteroatoms. The van der Waals surface area contributed by atoms with Gasteiger partial charge in [0.1, 0.15) is 11.6 Å². The van der Waals surface area contributed by atoms with E-state index in [1.807, 2.05) is 12.1 Å². The predicted molar refractivity (Wildman–Crippen MR) is 115 cm³/mol. The zero-order valence-electron chi connectivity index (χ0n) is 14.9. The molecule has 1 saturated heterocycles. The van der Waals surface area contributed by atoms with Crippen molar-refractivity contribution >= 4 is 50.8 Å². The van der Waals surface area contributed by atoms with Gasteiger partial charge in [0.15, 0.2) is 0 Å². The third-order valence-electron chi connectivity index (χ3n) is 4.62. The van der Waals surface area contributed by atoms with Crippen LogP contribution < -0.4 is 4.90 Å². The van der Waals surface area contributed by atoms with Crippen molar-refractivity contribution < 1.29 is 14.7 Å². The van der Waals surface area contributed by atoms with Crippen LogP contribution in [0.5, 0.6) is 0 Å². The van der Waals surface area contributed by atoms with Crippen molar-refractivity contribution in [1.82, 2.24) is 4.98 Å². The molecule has 0 unspecified atom stereocenters. The smallest absolute Gasteiger partial charge is 0.301 e. The van der Waals surface area contributed by atoms with E-state index in [1.54, 1.807) is 60.8 Å². The largest absolute Gasteiger partial charge is 0.507 e. The highest BCUT2D eigenvalue weighted by Gasteiger charge is 2.47. The highest BCUT2D eigenvalue weighted by atomic mass is 79.9. The number of nitrogens with zero attached hydrogens (tertiary/aromatic N) is 2. The van der Waals surface area contributed by atoms with Gasteiger partial charge in [0.05, 0.1) is 11.6 Å². The predicted octanol–water partition coefficient (Wildman–Crippen LogP) is 5.12. The minimum Gasteiger partial charge on any atom is -0.507 e. The lowest BCUT2D eigenvalue weighted by Gasteiger charge is -2.24. The number of aromatic nitrogens is 1. The second-order valence-corrected chi connectivity index (χ2v) is 7.77. The van der Waals surface area contributed by atoms with Crippen LogP contribution in [0.15, 0.2) is 83.0 Å². The van der Waals surface area contributed by atoms with Crippen molar-refractivity contribution in [3.05, 3.63) is 99.1 Å². The van der Waals surface area contributed by atoms with E-state index in [9.17, 15) is 14.7 Å². The number of hydrogen-bond donors (Lipinski definition) is 1. The Morgan fingerprint density at radius 1 is 1.03 bits per heavy atom. The first-order chi connectivity index (χ1) is 14.0. The van der Waals surface area contributed by atoms with Gasteiger partial charge in [0.2, 0.25) is 0 Å². The van der Waals surface area contributed by atoms with Crippen LogP contribution in [0.3, 0.4) is 0 Å². The lowest BCUT2D eigenvalue weighted by atomic mass is 9.95. The van der Waals surface area contributed by atoms with E-state index in [0.717, 1.165) is 4.47 Å². The highest BCUT2D eigenvalue weighted by Crippen LogP contribution is 2.42. The van der Waals surface area contributed by atoms with Gasteiger partial charge in [-0.2, -0.15) is 0 Å². The number of halogens is 2. The highest BCUT2D eigenvalue weighted by molar-refractivity contribution is 9.10. The first kappa shape index (κ1) is 19.4. The van der Waals surface area contributed by atoms with Crippen LogP contribution in [0.1, 0.15) is 17.2 Å². The van der Waals surface area contributed by atoms with Crippen molar-refractivity contribution in [2.45, 2.75) is 6.04 Å². The molecule has 0 spiro atoms. The normalized spacial score (nSPS) is 18.3. The van der Waals surface area contributed by atoms with Crippen LogP contribution in [-0.2, 0) is 9.59 Å². The monoisotopic (exact) mass is 468 g/mol. The number of aliphatic hydroxyl groups is 1. The minimum atomic E-state index is -0.821. The van der Waals surface area contributed by atoms with Gasteiger partial charge in [-0.3, -0.25) is 14.5 Å². The summed E-state index contributed by atoms with van der Waals surface area (Å²) in [5, 5.41) is 11.5. The molecule has 2 heterocycles. The summed E-state index contributed by atoms with van der Waals surface area (Å²) >= 11 is 9.36. The molecule has 1 N–H and O–H groups in total. The molecule has 0 saturated carbocycles. The molecule has 3 aromatic rings. The summed E-state index contributed by atoms with van der Waals surface area (Å²) < 4.78 is 0.785. The second-order valence-electron chi connectivity index (χ2n) is 6.42. The first-order valence-corrected chi connectivity index (χ1v) is 9.88. The second kappa shape index (κ2) is 7.81. The molecule has 2 aromatic carbocycles. The van der Waals surface area contributed by atoms with Gasteiger partial charge < -0.3 is 5.11 Å². The van der Waals surface area contributed by atoms with E-state index < -0.39 is 17.7 Å². The molecule has 0 aliphatic carbocycles. The molecule has 1 amide bonds. The van der Waals surface area contributed by atoms with E-state index in [1.165, 1.54) is 4.90 Å². The van der Waals surface area contributed by atoms with Gasteiger partial charge in [0, 0.05) is 21.3 Å². The van der Waals surface area contributed by atoms with Gasteiger partial charge in [-0.05, 0) is 54.1 Å². The number of Topliss-reactive ketones (excluding diaryl/α,β-unsaturated/α-hetero) is 1. The molecule has 144 valence electrons. The quantitative estimate of drug-likeness (QED) is 0.328. The zero-order chi connectivity index (χ0) is 20.5. The molecule has 29 heavy (non-hydrogen) atoms. The van der Waals surface area contributed by atoms with E-state index in [0.29, 0.717) is 22.0 Å². The Morgan fingerprint density at radius 2 is 1.79 bits per heavy atom. The van der Waals surface area contributed by atoms with Crippen molar-refractivity contribution in [2.75, 3.05) is 4.90 Å². The SMILES string of the molecule is O=C1C(=O)N(c2ccccn2)[C@H](c2cccc(Br)c2)C1=C(O)c1ccc(Cl)cc1. The Labute approximate surface area is 180 Å². The number of anilines is 1. The maximum atomic E-state index is 13.0. The van der Waals surface area contributed by atoms with E-state index in [-0.39, 0.29) is 11.3 Å². The van der Waals surface area contributed by atoms with Crippen LogP contribution in [0, 0.1) is 0 Å². The molecule has 4 rings (SSSR count). The van der Waals surface area contributed by atoms with Gasteiger partial charge in [-0.25, -0.2) is 4.98 Å². The number of carbonyl (C=O) groups is 2. The third kappa shape index (κ3) is 3.57. The summed E-state index contributed by atoms with van der Waals surface area (Å²) in [5.74, 6) is -1.45. The average Bonchev–Trinajstić information content (AvgIpc) is 2.99. The third-order valence-corrected chi connectivity index (χ3v) is 5.37. The van der Waals surface area contributed by atoms with E-state index >= 15 is 0 Å². The van der Waals surface area contributed by atoms with Crippen LogP contribution >= 0.6 is 27.5 Å². The fraction of sp³-hybridized carbons (Fsp3) is 0.0455. The molecular weight excluding hydrogens is 456 g/mol. The van der Waals surface area contributed by atoms with Gasteiger partial charge in [-0.1, -0.05) is 45.7 Å². The maximum Gasteiger partial charge on any atom is 0.301 e. The molecule has 1 aliphatic heterocycles. The number of ketones is 1. The molecule has 0 radical (unpaired) electrons. The fourth-order valence-corrected chi connectivity index (χ4v) is 3.86. The summed E-state index contributed by atoms with van der Waals surface area (Å²) in [7, 11) is 0. The Balaban J connectivity index is 1.95. The number of rotatable bonds is 3. The van der Waals surface area contributed by atoms with Crippen molar-refractivity contribution in [3.63, 3.8) is 0 Å². The molecule has 5 nitrogen and oxygen atoms in total. The van der Waals surface area contributed by atoms with Crippen molar-refractivity contribution in [2.24, 2.45) is 0 Å². The van der Waals surface area contributed by atoms with Crippen molar-refractivity contribution in [1.29, 1.82) is 0 Å². The zero-order valence-corrected chi connectivity index (χ0v) is 17.3. The number of aliphatic hydroxyl groups excluding tert-OH is 1. The molecular formula is C22H14BrClN2O3. The number of hydrogen-bond acceptors (Lipinski definition) is 4. The number of amides is 1. The molecule has 1 fully saturated rings. The molecule has 1 aromatic heterocycles. The fourth-order valence-electron chi connectivity index (χ4n) is 3.32. The first-order valence-electron chi connectivity index (χ1n) is 8.71. The summed E-state index contributed by atoms with van der Waals surface area (Å²) in [5.41, 5.74) is 1.06. The topological polar surface area (TPSA) is 70.5 Å². The summed E-state index contributed by atoms with van der Waals surface area (Å²) in [6.07, 6.45) is 1.55. The Kier molecular flexibility index (Phi) is 5.22. The van der Waals surface area contributed by atoms with Gasteiger partial charge in [0.25, 0.3) is 5.78 Å². The van der Waals surface area contributed by atoms with Crippen LogP contribution in [0.2, 0.25) is 5.02 Å². The van der Waals surface area contributed by atoms with Gasteiger partial charge >= 0.3 is 5.91 Å². The number of benzene rings is 2. The van der Waals surface area contributed by atoms with Crippen LogP contribution in [0.4, 0.5) is 5.82 Å². The summed E-state index contributed by atoms with van der Waals surface area (Å²) in [6.45, 7) is 0. The Bertz CT molecular complexity index is 1130. The van der Waals surface area contributed by atoms with Gasteiger partial charge in [-0.15, -0.1) is 0 Å². The van der Waals surface area contributed by atoms with E-state index in [2.05, 4.69) is 20.9 Å².